The minimum Gasteiger partial charge on any atom is -0.378 e. The van der Waals surface area contributed by atoms with Gasteiger partial charge in [0, 0.05) is 31.5 Å². The van der Waals surface area contributed by atoms with E-state index in [0.29, 0.717) is 0 Å². The topological polar surface area (TPSA) is 46.4 Å². The maximum absolute atomic E-state index is 5.36. The normalized spacial score (nSPS) is 15.3. The van der Waals surface area contributed by atoms with Crippen molar-refractivity contribution in [1.29, 1.82) is 0 Å². The number of anilines is 2. The first-order valence-electron chi connectivity index (χ1n) is 7.22. The molecule has 0 aromatic carbocycles. The van der Waals surface area contributed by atoms with Crippen LogP contribution in [0.25, 0.3) is 0 Å². The summed E-state index contributed by atoms with van der Waals surface area (Å²) < 4.78 is 7.48. The molecule has 6 nitrogen and oxygen atoms in total. The Labute approximate surface area is 124 Å². The van der Waals surface area contributed by atoms with E-state index in [-0.39, 0.29) is 0 Å². The minimum atomic E-state index is 0.755. The van der Waals surface area contributed by atoms with E-state index in [9.17, 15) is 0 Å². The van der Waals surface area contributed by atoms with Crippen LogP contribution < -0.4 is 9.91 Å². The lowest BCUT2D eigenvalue weighted by Crippen LogP contribution is -2.37. The molecule has 1 aliphatic heterocycles. The largest absolute Gasteiger partial charge is 0.378 e. The van der Waals surface area contributed by atoms with Crippen LogP contribution in [0.4, 0.5) is 11.6 Å². The highest BCUT2D eigenvalue weighted by molar-refractivity contribution is 5.45. The maximum atomic E-state index is 5.36. The molecule has 0 amide bonds. The van der Waals surface area contributed by atoms with E-state index in [1.54, 1.807) is 0 Å². The SMILES string of the molecule is Cc1ccc(C)n1N(C)c1ccc(N2CCOCC2)nn1. The smallest absolute Gasteiger partial charge is 0.170 e. The number of nitrogens with zero attached hydrogens (tertiary/aromatic N) is 5. The zero-order valence-electron chi connectivity index (χ0n) is 12.8. The van der Waals surface area contributed by atoms with Crippen LogP contribution in [-0.4, -0.2) is 48.2 Å². The molecule has 112 valence electrons. The molecule has 0 bridgehead atoms. The molecule has 0 N–H and O–H groups in total. The molecule has 0 radical (unpaired) electrons. The average molecular weight is 287 g/mol. The number of aryl methyl sites for hydroxylation is 2. The van der Waals surface area contributed by atoms with E-state index in [1.165, 1.54) is 11.4 Å². The summed E-state index contributed by atoms with van der Waals surface area (Å²) in [6, 6.07) is 8.23. The summed E-state index contributed by atoms with van der Waals surface area (Å²) in [6.07, 6.45) is 0. The van der Waals surface area contributed by atoms with Gasteiger partial charge in [-0.3, -0.25) is 9.69 Å². The molecule has 3 rings (SSSR count). The molecule has 1 fully saturated rings. The summed E-state index contributed by atoms with van der Waals surface area (Å²) in [5, 5.41) is 10.7. The molecule has 0 unspecified atom stereocenters. The van der Waals surface area contributed by atoms with Crippen molar-refractivity contribution in [3.05, 3.63) is 35.7 Å². The minimum absolute atomic E-state index is 0.755. The predicted octanol–water partition coefficient (Wildman–Crippen LogP) is 1.63. The summed E-state index contributed by atoms with van der Waals surface area (Å²) in [5.74, 6) is 1.74. The van der Waals surface area contributed by atoms with Crippen molar-refractivity contribution in [1.82, 2.24) is 14.9 Å². The molecule has 0 atom stereocenters. The second-order valence-electron chi connectivity index (χ2n) is 5.30. The molecule has 0 saturated carbocycles. The van der Waals surface area contributed by atoms with Gasteiger partial charge in [0.05, 0.1) is 13.2 Å². The standard InChI is InChI=1S/C15H21N5O/c1-12-4-5-13(2)20(12)18(3)14-6-7-15(17-16-14)19-8-10-21-11-9-19/h4-7H,8-11H2,1-3H3. The van der Waals surface area contributed by atoms with Gasteiger partial charge in [-0.15, -0.1) is 10.2 Å². The van der Waals surface area contributed by atoms with E-state index in [2.05, 4.69) is 45.8 Å². The van der Waals surface area contributed by atoms with Crippen molar-refractivity contribution in [3.63, 3.8) is 0 Å². The van der Waals surface area contributed by atoms with E-state index in [4.69, 9.17) is 4.74 Å². The Kier molecular flexibility index (Phi) is 3.79. The van der Waals surface area contributed by atoms with Gasteiger partial charge in [0.15, 0.2) is 11.6 Å². The van der Waals surface area contributed by atoms with Gasteiger partial charge in [-0.05, 0) is 38.1 Å². The molecule has 6 heteroatoms. The van der Waals surface area contributed by atoms with Crippen LogP contribution in [0.5, 0.6) is 0 Å². The van der Waals surface area contributed by atoms with Crippen molar-refractivity contribution in [2.24, 2.45) is 0 Å². The van der Waals surface area contributed by atoms with Gasteiger partial charge in [0.25, 0.3) is 0 Å². The van der Waals surface area contributed by atoms with E-state index in [1.807, 2.05) is 24.2 Å². The molecule has 3 heterocycles. The number of aromatic nitrogens is 3. The zero-order chi connectivity index (χ0) is 14.8. The zero-order valence-corrected chi connectivity index (χ0v) is 12.8. The van der Waals surface area contributed by atoms with E-state index >= 15 is 0 Å². The van der Waals surface area contributed by atoms with Gasteiger partial charge >= 0.3 is 0 Å². The molecule has 0 aliphatic carbocycles. The first-order valence-corrected chi connectivity index (χ1v) is 7.22. The van der Waals surface area contributed by atoms with Crippen molar-refractivity contribution < 1.29 is 4.74 Å². The third kappa shape index (κ3) is 2.71. The molecule has 0 spiro atoms. The van der Waals surface area contributed by atoms with Crippen molar-refractivity contribution in [2.75, 3.05) is 43.3 Å². The van der Waals surface area contributed by atoms with Crippen LogP contribution in [0, 0.1) is 13.8 Å². The fourth-order valence-electron chi connectivity index (χ4n) is 2.69. The molecule has 2 aromatic rings. The Balaban J connectivity index is 1.80. The second-order valence-corrected chi connectivity index (χ2v) is 5.30. The summed E-state index contributed by atoms with van der Waals surface area (Å²) in [6.45, 7) is 7.42. The third-order valence-corrected chi connectivity index (χ3v) is 3.84. The quantitative estimate of drug-likeness (QED) is 0.858. The highest BCUT2D eigenvalue weighted by atomic mass is 16.5. The van der Waals surface area contributed by atoms with Crippen molar-refractivity contribution in [3.8, 4) is 0 Å². The third-order valence-electron chi connectivity index (χ3n) is 3.84. The van der Waals surface area contributed by atoms with Gasteiger partial charge in [-0.2, -0.15) is 0 Å². The lowest BCUT2D eigenvalue weighted by molar-refractivity contribution is 0.122. The Bertz CT molecular complexity index is 582. The average Bonchev–Trinajstić information content (AvgIpc) is 2.87. The lowest BCUT2D eigenvalue weighted by Gasteiger charge is -2.28. The summed E-state index contributed by atoms with van der Waals surface area (Å²) >= 11 is 0. The molecule has 21 heavy (non-hydrogen) atoms. The monoisotopic (exact) mass is 287 g/mol. The van der Waals surface area contributed by atoms with Gasteiger partial charge < -0.3 is 9.64 Å². The second kappa shape index (κ2) is 5.73. The van der Waals surface area contributed by atoms with Crippen LogP contribution in [0.15, 0.2) is 24.3 Å². The predicted molar refractivity (Wildman–Crippen MR) is 82.8 cm³/mol. The van der Waals surface area contributed by atoms with E-state index < -0.39 is 0 Å². The number of morpholine rings is 1. The molecule has 1 saturated heterocycles. The van der Waals surface area contributed by atoms with Crippen LogP contribution in [-0.2, 0) is 4.74 Å². The number of rotatable bonds is 3. The molecule has 2 aromatic heterocycles. The summed E-state index contributed by atoms with van der Waals surface area (Å²) in [5.41, 5.74) is 2.35. The first kappa shape index (κ1) is 13.9. The van der Waals surface area contributed by atoms with Gasteiger partial charge in [0.1, 0.15) is 0 Å². The highest BCUT2D eigenvalue weighted by Crippen LogP contribution is 2.18. The first-order chi connectivity index (χ1) is 10.2. The van der Waals surface area contributed by atoms with Crippen LogP contribution in [0.1, 0.15) is 11.4 Å². The molecular formula is C15H21N5O. The van der Waals surface area contributed by atoms with Gasteiger partial charge in [-0.1, -0.05) is 0 Å². The van der Waals surface area contributed by atoms with Crippen LogP contribution in [0.2, 0.25) is 0 Å². The van der Waals surface area contributed by atoms with Crippen molar-refractivity contribution in [2.45, 2.75) is 13.8 Å². The summed E-state index contributed by atoms with van der Waals surface area (Å²) in [7, 11) is 2.00. The lowest BCUT2D eigenvalue weighted by atomic mass is 10.4. The van der Waals surface area contributed by atoms with E-state index in [0.717, 1.165) is 37.9 Å². The van der Waals surface area contributed by atoms with Crippen LogP contribution in [0.3, 0.4) is 0 Å². The Morgan fingerprint density at radius 1 is 1.00 bits per heavy atom. The fourth-order valence-corrected chi connectivity index (χ4v) is 2.69. The van der Waals surface area contributed by atoms with Crippen LogP contribution >= 0.6 is 0 Å². The van der Waals surface area contributed by atoms with Gasteiger partial charge in [-0.25, -0.2) is 0 Å². The highest BCUT2D eigenvalue weighted by Gasteiger charge is 2.14. The summed E-state index contributed by atoms with van der Waals surface area (Å²) in [4.78, 5) is 2.20. The fraction of sp³-hybridized carbons (Fsp3) is 0.467. The Morgan fingerprint density at radius 2 is 1.67 bits per heavy atom. The molecular weight excluding hydrogens is 266 g/mol. The maximum Gasteiger partial charge on any atom is 0.170 e. The number of hydrogen-bond donors (Lipinski definition) is 0. The molecule has 1 aliphatic rings. The number of hydrogen-bond acceptors (Lipinski definition) is 5. The van der Waals surface area contributed by atoms with Crippen molar-refractivity contribution >= 4 is 11.6 Å². The number of ether oxygens (including phenoxy) is 1. The van der Waals surface area contributed by atoms with Gasteiger partial charge in [0.2, 0.25) is 0 Å². The Hall–Kier alpha value is -2.08. The Morgan fingerprint density at radius 3 is 2.24 bits per heavy atom.